The molecule has 0 atom stereocenters. The molecule has 4 rings (SSSR count). The maximum atomic E-state index is 12.1. The maximum absolute atomic E-state index is 12.1. The second kappa shape index (κ2) is 7.73. The van der Waals surface area contributed by atoms with Gasteiger partial charge in [0.25, 0.3) is 0 Å². The van der Waals surface area contributed by atoms with Gasteiger partial charge >= 0.3 is 0 Å². The molecule has 1 saturated carbocycles. The predicted molar refractivity (Wildman–Crippen MR) is 102 cm³/mol. The third-order valence-electron chi connectivity index (χ3n) is 5.26. The van der Waals surface area contributed by atoms with Crippen LogP contribution < -0.4 is 5.32 Å². The Balaban J connectivity index is 1.37. The molecule has 4 heteroatoms. The van der Waals surface area contributed by atoms with Crippen LogP contribution in [0, 0.1) is 5.92 Å². The molecule has 1 N–H and O–H groups in total. The van der Waals surface area contributed by atoms with Gasteiger partial charge in [-0.05, 0) is 35.6 Å². The Bertz CT molecular complexity index is 894. The number of carbonyl (C=O) groups is 1. The van der Waals surface area contributed by atoms with Crippen LogP contribution in [0.3, 0.4) is 0 Å². The van der Waals surface area contributed by atoms with Gasteiger partial charge in [-0.1, -0.05) is 60.8 Å². The van der Waals surface area contributed by atoms with E-state index >= 15 is 0 Å². The zero-order valence-corrected chi connectivity index (χ0v) is 14.9. The molecule has 4 nitrogen and oxygen atoms in total. The lowest BCUT2D eigenvalue weighted by atomic mass is 9.87. The summed E-state index contributed by atoms with van der Waals surface area (Å²) in [6.45, 7) is 0.419. The van der Waals surface area contributed by atoms with Crippen LogP contribution in [0.2, 0.25) is 0 Å². The number of hydrogen-bond acceptors (Lipinski definition) is 3. The average molecular weight is 348 g/mol. The minimum atomic E-state index is 0.118. The molecular formula is C22H24N2O2. The van der Waals surface area contributed by atoms with Crippen molar-refractivity contribution in [1.29, 1.82) is 0 Å². The summed E-state index contributed by atoms with van der Waals surface area (Å²) in [5, 5.41) is 9.45. The predicted octanol–water partition coefficient (Wildman–Crippen LogP) is 5.08. The van der Waals surface area contributed by atoms with Crippen molar-refractivity contribution >= 4 is 16.7 Å². The monoisotopic (exact) mass is 348 g/mol. The minimum Gasteiger partial charge on any atom is -0.356 e. The first kappa shape index (κ1) is 16.8. The Kier molecular flexibility index (Phi) is 5.00. The zero-order valence-electron chi connectivity index (χ0n) is 14.9. The number of benzene rings is 2. The smallest absolute Gasteiger partial charge is 0.220 e. The second-order valence-corrected chi connectivity index (χ2v) is 7.23. The van der Waals surface area contributed by atoms with E-state index in [1.165, 1.54) is 42.9 Å². The van der Waals surface area contributed by atoms with Gasteiger partial charge in [0.05, 0.1) is 6.54 Å². The molecule has 134 valence electrons. The van der Waals surface area contributed by atoms with Crippen LogP contribution in [-0.4, -0.2) is 11.1 Å². The van der Waals surface area contributed by atoms with E-state index in [0.717, 1.165) is 17.0 Å². The van der Waals surface area contributed by atoms with Gasteiger partial charge in [0.2, 0.25) is 5.91 Å². The molecule has 0 radical (unpaired) electrons. The average Bonchev–Trinajstić information content (AvgIpc) is 3.16. The molecule has 0 spiro atoms. The SMILES string of the molecule is O=C(CC1CCCCC1)NCc1cc(-c2ccc3ccccc3c2)on1. The van der Waals surface area contributed by atoms with Crippen molar-refractivity contribution in [3.05, 3.63) is 54.2 Å². The zero-order chi connectivity index (χ0) is 17.8. The van der Waals surface area contributed by atoms with Crippen LogP contribution in [0.5, 0.6) is 0 Å². The quantitative estimate of drug-likeness (QED) is 0.699. The first-order chi connectivity index (χ1) is 12.8. The minimum absolute atomic E-state index is 0.118. The number of amides is 1. The largest absolute Gasteiger partial charge is 0.356 e. The molecule has 26 heavy (non-hydrogen) atoms. The topological polar surface area (TPSA) is 55.1 Å². The van der Waals surface area contributed by atoms with E-state index in [2.05, 4.69) is 34.7 Å². The molecule has 3 aromatic rings. The van der Waals surface area contributed by atoms with Crippen molar-refractivity contribution < 1.29 is 9.32 Å². The summed E-state index contributed by atoms with van der Waals surface area (Å²) in [4.78, 5) is 12.1. The van der Waals surface area contributed by atoms with Gasteiger partial charge in [0.1, 0.15) is 5.69 Å². The van der Waals surface area contributed by atoms with Crippen LogP contribution in [0.25, 0.3) is 22.1 Å². The maximum Gasteiger partial charge on any atom is 0.220 e. The van der Waals surface area contributed by atoms with Crippen LogP contribution in [0.1, 0.15) is 44.2 Å². The Morgan fingerprint density at radius 2 is 1.85 bits per heavy atom. The fraction of sp³-hybridized carbons (Fsp3) is 0.364. The van der Waals surface area contributed by atoms with Gasteiger partial charge in [0.15, 0.2) is 5.76 Å². The molecule has 0 bridgehead atoms. The van der Waals surface area contributed by atoms with Gasteiger partial charge in [-0.3, -0.25) is 4.79 Å². The van der Waals surface area contributed by atoms with Crippen molar-refractivity contribution in [3.63, 3.8) is 0 Å². The Morgan fingerprint density at radius 3 is 2.69 bits per heavy atom. The number of hydrogen-bond donors (Lipinski definition) is 1. The standard InChI is InChI=1S/C22H24N2O2/c25-22(12-16-6-2-1-3-7-16)23-15-20-14-21(26-24-20)19-11-10-17-8-4-5-9-18(17)13-19/h4-5,8-11,13-14,16H,1-3,6-7,12,15H2,(H,23,25). The normalized spacial score (nSPS) is 15.2. The van der Waals surface area contributed by atoms with Crippen LogP contribution in [-0.2, 0) is 11.3 Å². The van der Waals surface area contributed by atoms with Crippen molar-refractivity contribution in [2.45, 2.75) is 45.1 Å². The molecule has 1 aromatic heterocycles. The lowest BCUT2D eigenvalue weighted by Gasteiger charge is -2.20. The van der Waals surface area contributed by atoms with E-state index in [0.29, 0.717) is 18.9 Å². The number of aromatic nitrogens is 1. The summed E-state index contributed by atoms with van der Waals surface area (Å²) in [6.07, 6.45) is 6.84. The summed E-state index contributed by atoms with van der Waals surface area (Å²) in [5.74, 6) is 1.40. The summed E-state index contributed by atoms with van der Waals surface area (Å²) in [5.41, 5.74) is 1.75. The fourth-order valence-corrected chi connectivity index (χ4v) is 3.79. The molecule has 1 fully saturated rings. The second-order valence-electron chi connectivity index (χ2n) is 7.23. The number of carbonyl (C=O) groups excluding carboxylic acids is 1. The number of fused-ring (bicyclic) bond motifs is 1. The van der Waals surface area contributed by atoms with E-state index in [4.69, 9.17) is 4.52 Å². The van der Waals surface area contributed by atoms with Gasteiger partial charge in [-0.2, -0.15) is 0 Å². The summed E-state index contributed by atoms with van der Waals surface area (Å²) in [7, 11) is 0. The lowest BCUT2D eigenvalue weighted by molar-refractivity contribution is -0.122. The number of nitrogens with zero attached hydrogens (tertiary/aromatic N) is 1. The van der Waals surface area contributed by atoms with E-state index in [1.54, 1.807) is 0 Å². The first-order valence-corrected chi connectivity index (χ1v) is 9.49. The van der Waals surface area contributed by atoms with Crippen LogP contribution in [0.4, 0.5) is 0 Å². The highest BCUT2D eigenvalue weighted by molar-refractivity contribution is 5.86. The Labute approximate surface area is 153 Å². The van der Waals surface area contributed by atoms with E-state index in [-0.39, 0.29) is 5.91 Å². The van der Waals surface area contributed by atoms with E-state index < -0.39 is 0 Å². The molecule has 0 unspecified atom stereocenters. The summed E-state index contributed by atoms with van der Waals surface area (Å²) < 4.78 is 5.48. The third-order valence-corrected chi connectivity index (χ3v) is 5.26. The molecule has 2 aromatic carbocycles. The highest BCUT2D eigenvalue weighted by Gasteiger charge is 2.17. The number of nitrogens with one attached hydrogen (secondary N) is 1. The van der Waals surface area contributed by atoms with Gasteiger partial charge in [0, 0.05) is 18.1 Å². The van der Waals surface area contributed by atoms with Crippen molar-refractivity contribution in [2.75, 3.05) is 0 Å². The van der Waals surface area contributed by atoms with Crippen molar-refractivity contribution in [2.24, 2.45) is 5.92 Å². The van der Waals surface area contributed by atoms with Gasteiger partial charge < -0.3 is 9.84 Å². The molecule has 0 aliphatic heterocycles. The van der Waals surface area contributed by atoms with Crippen molar-refractivity contribution in [1.82, 2.24) is 10.5 Å². The molecule has 0 saturated heterocycles. The van der Waals surface area contributed by atoms with E-state index in [1.807, 2.05) is 24.3 Å². The van der Waals surface area contributed by atoms with E-state index in [9.17, 15) is 4.79 Å². The lowest BCUT2D eigenvalue weighted by Crippen LogP contribution is -2.26. The van der Waals surface area contributed by atoms with Crippen molar-refractivity contribution in [3.8, 4) is 11.3 Å². The molecule has 1 amide bonds. The Hall–Kier alpha value is -2.62. The number of rotatable bonds is 5. The highest BCUT2D eigenvalue weighted by atomic mass is 16.5. The molecular weight excluding hydrogens is 324 g/mol. The summed E-state index contributed by atoms with van der Waals surface area (Å²) >= 11 is 0. The van der Waals surface area contributed by atoms with Crippen LogP contribution in [0.15, 0.2) is 53.1 Å². The molecule has 1 aliphatic rings. The molecule has 1 aliphatic carbocycles. The summed E-state index contributed by atoms with van der Waals surface area (Å²) in [6, 6.07) is 16.4. The fourth-order valence-electron chi connectivity index (χ4n) is 3.79. The molecule has 1 heterocycles. The van der Waals surface area contributed by atoms with Crippen LogP contribution >= 0.6 is 0 Å². The Morgan fingerprint density at radius 1 is 1.04 bits per heavy atom. The third kappa shape index (κ3) is 3.96. The first-order valence-electron chi connectivity index (χ1n) is 9.49. The van der Waals surface area contributed by atoms with Gasteiger partial charge in [-0.15, -0.1) is 0 Å². The highest BCUT2D eigenvalue weighted by Crippen LogP contribution is 2.27. The van der Waals surface area contributed by atoms with Gasteiger partial charge in [-0.25, -0.2) is 0 Å².